The maximum atomic E-state index is 13.4. The predicted molar refractivity (Wildman–Crippen MR) is 118 cm³/mol. The standard InChI is InChI=1S/C24H34N4O4/c29-22(13-18-5-9-25-10-6-18)27-14-20-21(15-27)32-17-19(16-31-20)26-23(30)24(7-1-2-8-24)28-11-3-4-12-28/h5-6,9-10,19-21H,1-4,7-8,11-17H2,(H,26,30)/t20-,21-/m0/s1. The van der Waals surface area contributed by atoms with Crippen LogP contribution in [0, 0.1) is 0 Å². The molecule has 1 saturated carbocycles. The van der Waals surface area contributed by atoms with Gasteiger partial charge >= 0.3 is 0 Å². The molecule has 3 aliphatic heterocycles. The van der Waals surface area contributed by atoms with Gasteiger partial charge in [0.1, 0.15) is 17.7 Å². The van der Waals surface area contributed by atoms with Gasteiger partial charge in [-0.25, -0.2) is 0 Å². The van der Waals surface area contributed by atoms with Crippen molar-refractivity contribution in [3.05, 3.63) is 30.1 Å². The molecule has 1 aromatic rings. The molecule has 5 rings (SSSR count). The van der Waals surface area contributed by atoms with Crippen molar-refractivity contribution in [1.82, 2.24) is 20.1 Å². The third-order valence-electron chi connectivity index (χ3n) is 7.60. The van der Waals surface area contributed by atoms with E-state index in [4.69, 9.17) is 9.47 Å². The second kappa shape index (κ2) is 9.45. The van der Waals surface area contributed by atoms with E-state index in [1.807, 2.05) is 17.0 Å². The number of likely N-dealkylation sites (tertiary alicyclic amines) is 2. The second-order valence-electron chi connectivity index (χ2n) is 9.68. The molecule has 1 aromatic heterocycles. The van der Waals surface area contributed by atoms with Crippen LogP contribution < -0.4 is 5.32 Å². The molecule has 2 amide bonds. The highest BCUT2D eigenvalue weighted by atomic mass is 16.6. The third-order valence-corrected chi connectivity index (χ3v) is 7.60. The molecular formula is C24H34N4O4. The maximum absolute atomic E-state index is 13.4. The van der Waals surface area contributed by atoms with E-state index in [0.717, 1.165) is 44.3 Å². The van der Waals surface area contributed by atoms with E-state index in [1.165, 1.54) is 12.8 Å². The SMILES string of the molecule is O=C(Cc1ccncc1)N1C[C@@H]2OCC(NC(=O)C3(N4CCCC4)CCCC3)CO[C@H]2C1. The van der Waals surface area contributed by atoms with Gasteiger partial charge in [0.2, 0.25) is 11.8 Å². The summed E-state index contributed by atoms with van der Waals surface area (Å²) in [6.45, 7) is 3.97. The quantitative estimate of drug-likeness (QED) is 0.736. The summed E-state index contributed by atoms with van der Waals surface area (Å²) in [5.41, 5.74) is 0.620. The van der Waals surface area contributed by atoms with Crippen LogP contribution in [0.2, 0.25) is 0 Å². The van der Waals surface area contributed by atoms with E-state index in [2.05, 4.69) is 15.2 Å². The molecule has 32 heavy (non-hydrogen) atoms. The lowest BCUT2D eigenvalue weighted by Crippen LogP contribution is -2.59. The Bertz CT molecular complexity index is 791. The third kappa shape index (κ3) is 4.40. The molecule has 0 aromatic carbocycles. The minimum absolute atomic E-state index is 0.0788. The Kier molecular flexibility index (Phi) is 6.44. The summed E-state index contributed by atoms with van der Waals surface area (Å²) < 4.78 is 12.3. The molecule has 0 radical (unpaired) electrons. The number of ether oxygens (including phenoxy) is 2. The van der Waals surface area contributed by atoms with Crippen LogP contribution in [0.4, 0.5) is 0 Å². The number of nitrogens with one attached hydrogen (secondary N) is 1. The highest BCUT2D eigenvalue weighted by Gasteiger charge is 2.48. The van der Waals surface area contributed by atoms with Gasteiger partial charge in [-0.05, 0) is 56.5 Å². The number of amides is 2. The van der Waals surface area contributed by atoms with E-state index in [-0.39, 0.29) is 35.6 Å². The summed E-state index contributed by atoms with van der Waals surface area (Å²) in [6, 6.07) is 3.59. The van der Waals surface area contributed by atoms with Gasteiger partial charge in [-0.2, -0.15) is 0 Å². The van der Waals surface area contributed by atoms with Gasteiger partial charge in [0, 0.05) is 25.5 Å². The Hall–Kier alpha value is -2.03. The zero-order valence-electron chi connectivity index (χ0n) is 18.7. The summed E-state index contributed by atoms with van der Waals surface area (Å²) in [6.07, 6.45) is 10.0. The van der Waals surface area contributed by atoms with Crippen LogP contribution in [-0.4, -0.2) is 89.8 Å². The Balaban J connectivity index is 1.14. The number of pyridine rings is 1. The number of hydrogen-bond donors (Lipinski definition) is 1. The van der Waals surface area contributed by atoms with E-state index in [1.54, 1.807) is 12.4 Å². The molecule has 0 unspecified atom stereocenters. The molecule has 8 nitrogen and oxygen atoms in total. The lowest BCUT2D eigenvalue weighted by molar-refractivity contribution is -0.134. The van der Waals surface area contributed by atoms with Crippen LogP contribution in [-0.2, 0) is 25.5 Å². The fourth-order valence-electron chi connectivity index (χ4n) is 5.78. The van der Waals surface area contributed by atoms with Gasteiger partial charge in [-0.15, -0.1) is 0 Å². The molecule has 174 valence electrons. The van der Waals surface area contributed by atoms with Crippen molar-refractivity contribution in [2.24, 2.45) is 0 Å². The number of nitrogens with zero attached hydrogens (tertiary/aromatic N) is 3. The first-order valence-electron chi connectivity index (χ1n) is 12.1. The summed E-state index contributed by atoms with van der Waals surface area (Å²) in [5.74, 6) is 0.227. The molecular weight excluding hydrogens is 408 g/mol. The van der Waals surface area contributed by atoms with Gasteiger partial charge in [0.25, 0.3) is 0 Å². The van der Waals surface area contributed by atoms with E-state index in [9.17, 15) is 9.59 Å². The lowest BCUT2D eigenvalue weighted by atomic mass is 9.93. The number of fused-ring (bicyclic) bond motifs is 1. The molecule has 1 N–H and O–H groups in total. The molecule has 2 atom stereocenters. The molecule has 4 aliphatic rings. The number of hydrogen-bond acceptors (Lipinski definition) is 6. The Labute approximate surface area is 189 Å². The summed E-state index contributed by atoms with van der Waals surface area (Å²) in [7, 11) is 0. The molecule has 0 spiro atoms. The zero-order chi connectivity index (χ0) is 22.0. The number of aromatic nitrogens is 1. The summed E-state index contributed by atoms with van der Waals surface area (Å²) in [5, 5.41) is 3.26. The first-order valence-corrected chi connectivity index (χ1v) is 12.1. The van der Waals surface area contributed by atoms with Gasteiger partial charge in [0.05, 0.1) is 25.7 Å². The van der Waals surface area contributed by atoms with Crippen LogP contribution in [0.3, 0.4) is 0 Å². The smallest absolute Gasteiger partial charge is 0.240 e. The lowest BCUT2D eigenvalue weighted by Gasteiger charge is -2.38. The molecule has 3 saturated heterocycles. The van der Waals surface area contributed by atoms with Crippen LogP contribution in [0.25, 0.3) is 0 Å². The molecule has 0 bridgehead atoms. The first kappa shape index (κ1) is 21.8. The largest absolute Gasteiger partial charge is 0.371 e. The molecule has 8 heteroatoms. The van der Waals surface area contributed by atoms with Crippen LogP contribution in [0.15, 0.2) is 24.5 Å². The van der Waals surface area contributed by atoms with E-state index in [0.29, 0.717) is 32.7 Å². The topological polar surface area (TPSA) is 84.0 Å². The first-order chi connectivity index (χ1) is 15.6. The second-order valence-corrected chi connectivity index (χ2v) is 9.68. The zero-order valence-corrected chi connectivity index (χ0v) is 18.7. The average Bonchev–Trinajstić information content (AvgIpc) is 3.56. The van der Waals surface area contributed by atoms with E-state index < -0.39 is 0 Å². The van der Waals surface area contributed by atoms with Crippen molar-refractivity contribution in [2.75, 3.05) is 39.4 Å². The fourth-order valence-corrected chi connectivity index (χ4v) is 5.78. The molecule has 4 fully saturated rings. The normalized spacial score (nSPS) is 28.4. The van der Waals surface area contributed by atoms with E-state index >= 15 is 0 Å². The van der Waals surface area contributed by atoms with Crippen LogP contribution in [0.5, 0.6) is 0 Å². The van der Waals surface area contributed by atoms with Gasteiger partial charge in [-0.3, -0.25) is 19.5 Å². The van der Waals surface area contributed by atoms with Crippen molar-refractivity contribution in [1.29, 1.82) is 0 Å². The Morgan fingerprint density at radius 3 is 2.25 bits per heavy atom. The molecule has 4 heterocycles. The highest BCUT2D eigenvalue weighted by molar-refractivity contribution is 5.87. The van der Waals surface area contributed by atoms with Crippen molar-refractivity contribution >= 4 is 11.8 Å². The Morgan fingerprint density at radius 1 is 1.00 bits per heavy atom. The van der Waals surface area contributed by atoms with Gasteiger partial charge in [0.15, 0.2) is 0 Å². The number of rotatable bonds is 5. The van der Waals surface area contributed by atoms with Crippen molar-refractivity contribution in [3.63, 3.8) is 0 Å². The number of carbonyl (C=O) groups excluding carboxylic acids is 2. The van der Waals surface area contributed by atoms with Crippen LogP contribution in [0.1, 0.15) is 44.1 Å². The maximum Gasteiger partial charge on any atom is 0.240 e. The summed E-state index contributed by atoms with van der Waals surface area (Å²) in [4.78, 5) is 34.3. The van der Waals surface area contributed by atoms with Crippen molar-refractivity contribution in [2.45, 2.75) is 68.7 Å². The monoisotopic (exact) mass is 442 g/mol. The number of carbonyl (C=O) groups is 2. The minimum Gasteiger partial charge on any atom is -0.371 e. The highest BCUT2D eigenvalue weighted by Crippen LogP contribution is 2.38. The van der Waals surface area contributed by atoms with Crippen molar-refractivity contribution in [3.8, 4) is 0 Å². The molecule has 1 aliphatic carbocycles. The predicted octanol–water partition coefficient (Wildman–Crippen LogP) is 1.14. The van der Waals surface area contributed by atoms with Crippen molar-refractivity contribution < 1.29 is 19.1 Å². The van der Waals surface area contributed by atoms with Crippen LogP contribution >= 0.6 is 0 Å². The summed E-state index contributed by atoms with van der Waals surface area (Å²) >= 11 is 0. The average molecular weight is 443 g/mol. The van der Waals surface area contributed by atoms with Gasteiger partial charge in [-0.1, -0.05) is 12.8 Å². The fraction of sp³-hybridized carbons (Fsp3) is 0.708. The minimum atomic E-state index is -0.338. The van der Waals surface area contributed by atoms with Gasteiger partial charge < -0.3 is 19.7 Å². The Morgan fingerprint density at radius 2 is 1.62 bits per heavy atom.